The average Bonchev–Trinajstić information content (AvgIpc) is 3.04. The van der Waals surface area contributed by atoms with Crippen molar-refractivity contribution in [2.45, 2.75) is 25.0 Å². The summed E-state index contributed by atoms with van der Waals surface area (Å²) in [6.07, 6.45) is 1.10. The molecule has 2 aliphatic heterocycles. The monoisotopic (exact) mass is 336 g/mol. The molecule has 2 atom stereocenters. The first-order valence-electron chi connectivity index (χ1n) is 8.16. The van der Waals surface area contributed by atoms with Gasteiger partial charge in [-0.25, -0.2) is 4.39 Å². The summed E-state index contributed by atoms with van der Waals surface area (Å²) >= 11 is 0. The number of carboxylic acids is 1. The van der Waals surface area contributed by atoms with Crippen LogP contribution in [0.3, 0.4) is 0 Å². The minimum Gasteiger partial charge on any atom is -0.480 e. The summed E-state index contributed by atoms with van der Waals surface area (Å²) in [6.45, 7) is 2.05. The Hall–Kier alpha value is -1.99. The highest BCUT2D eigenvalue weighted by atomic mass is 19.1. The van der Waals surface area contributed by atoms with Gasteiger partial charge in [0.2, 0.25) is 5.91 Å². The lowest BCUT2D eigenvalue weighted by Crippen LogP contribution is -2.48. The van der Waals surface area contributed by atoms with Crippen LogP contribution in [0.25, 0.3) is 0 Å². The molecule has 1 unspecified atom stereocenters. The number of hydrogen-bond acceptors (Lipinski definition) is 4. The molecule has 0 spiro atoms. The molecule has 2 aliphatic rings. The number of halogens is 1. The Morgan fingerprint density at radius 1 is 1.25 bits per heavy atom. The minimum absolute atomic E-state index is 0.0847. The molecule has 1 amide bonds. The summed E-state index contributed by atoms with van der Waals surface area (Å²) in [5.74, 6) is -1.26. The van der Waals surface area contributed by atoms with E-state index in [9.17, 15) is 19.1 Å². The Labute approximate surface area is 139 Å². The van der Waals surface area contributed by atoms with Crippen LogP contribution in [0, 0.1) is 5.82 Å². The van der Waals surface area contributed by atoms with E-state index in [0.717, 1.165) is 12.0 Å². The van der Waals surface area contributed by atoms with Crippen molar-refractivity contribution in [3.63, 3.8) is 0 Å². The maximum Gasteiger partial charge on any atom is 0.320 e. The van der Waals surface area contributed by atoms with E-state index in [1.54, 1.807) is 21.9 Å². The fourth-order valence-corrected chi connectivity index (χ4v) is 3.32. The molecule has 0 radical (unpaired) electrons. The fraction of sp³-hybridized carbons (Fsp3) is 0.529. The Balaban J connectivity index is 1.61. The summed E-state index contributed by atoms with van der Waals surface area (Å²) in [7, 11) is 0. The van der Waals surface area contributed by atoms with Crippen LogP contribution in [0.4, 0.5) is 4.39 Å². The van der Waals surface area contributed by atoms with Gasteiger partial charge in [0.25, 0.3) is 0 Å². The van der Waals surface area contributed by atoms with Crippen molar-refractivity contribution in [3.05, 3.63) is 35.6 Å². The van der Waals surface area contributed by atoms with Gasteiger partial charge in [0.1, 0.15) is 18.0 Å². The number of rotatable bonds is 4. The molecule has 130 valence electrons. The largest absolute Gasteiger partial charge is 0.480 e. The molecular weight excluding hydrogens is 315 g/mol. The van der Waals surface area contributed by atoms with Gasteiger partial charge in [-0.15, -0.1) is 0 Å². The number of nitrogens with zero attached hydrogens (tertiary/aromatic N) is 2. The number of ether oxygens (including phenoxy) is 1. The Kier molecular flexibility index (Phi) is 5.11. The molecule has 24 heavy (non-hydrogen) atoms. The van der Waals surface area contributed by atoms with Crippen molar-refractivity contribution < 1.29 is 23.8 Å². The van der Waals surface area contributed by atoms with Gasteiger partial charge in [-0.2, -0.15) is 0 Å². The highest BCUT2D eigenvalue weighted by Gasteiger charge is 2.34. The third kappa shape index (κ3) is 3.73. The van der Waals surface area contributed by atoms with Crippen molar-refractivity contribution in [1.82, 2.24) is 9.80 Å². The number of hydrogen-bond donors (Lipinski definition) is 1. The van der Waals surface area contributed by atoms with Gasteiger partial charge >= 0.3 is 5.97 Å². The maximum absolute atomic E-state index is 13.0. The van der Waals surface area contributed by atoms with E-state index in [1.807, 2.05) is 0 Å². The van der Waals surface area contributed by atoms with Crippen LogP contribution >= 0.6 is 0 Å². The van der Waals surface area contributed by atoms with Gasteiger partial charge in [0, 0.05) is 6.54 Å². The van der Waals surface area contributed by atoms with E-state index >= 15 is 0 Å². The first kappa shape index (κ1) is 16.9. The van der Waals surface area contributed by atoms with Crippen molar-refractivity contribution in [3.8, 4) is 0 Å². The standard InChI is InChI=1S/C17H21FN2O4/c18-13-5-3-12(4-6-13)15-10-20(8-9-24-15)16(21)11-19-7-1-2-14(19)17(22)23/h3-6,14-15H,1-2,7-11H2,(H,22,23)/t14-,15?/m1/s1. The molecule has 7 heteroatoms. The zero-order chi connectivity index (χ0) is 17.1. The van der Waals surface area contributed by atoms with Crippen LogP contribution in [0.5, 0.6) is 0 Å². The molecule has 6 nitrogen and oxygen atoms in total. The van der Waals surface area contributed by atoms with Crippen molar-refractivity contribution >= 4 is 11.9 Å². The van der Waals surface area contributed by atoms with E-state index in [2.05, 4.69) is 0 Å². The van der Waals surface area contributed by atoms with E-state index in [4.69, 9.17) is 4.74 Å². The summed E-state index contributed by atoms with van der Waals surface area (Å²) in [5, 5.41) is 9.20. The highest BCUT2D eigenvalue weighted by molar-refractivity contribution is 5.80. The van der Waals surface area contributed by atoms with Crippen LogP contribution in [0.1, 0.15) is 24.5 Å². The van der Waals surface area contributed by atoms with Crippen LogP contribution in [0.2, 0.25) is 0 Å². The molecule has 0 aromatic heterocycles. The van der Waals surface area contributed by atoms with E-state index < -0.39 is 12.0 Å². The lowest BCUT2D eigenvalue weighted by Gasteiger charge is -2.34. The second kappa shape index (κ2) is 7.27. The van der Waals surface area contributed by atoms with Gasteiger partial charge in [0.15, 0.2) is 0 Å². The smallest absolute Gasteiger partial charge is 0.320 e. The lowest BCUT2D eigenvalue weighted by atomic mass is 10.1. The van der Waals surface area contributed by atoms with Crippen LogP contribution in [0.15, 0.2) is 24.3 Å². The third-order valence-electron chi connectivity index (χ3n) is 4.65. The molecular formula is C17H21FN2O4. The number of amides is 1. The zero-order valence-electron chi connectivity index (χ0n) is 13.4. The predicted molar refractivity (Wildman–Crippen MR) is 83.9 cm³/mol. The highest BCUT2D eigenvalue weighted by Crippen LogP contribution is 2.23. The van der Waals surface area contributed by atoms with Crippen molar-refractivity contribution in [2.75, 3.05) is 32.8 Å². The van der Waals surface area contributed by atoms with Gasteiger partial charge in [-0.05, 0) is 37.1 Å². The quantitative estimate of drug-likeness (QED) is 0.897. The van der Waals surface area contributed by atoms with Crippen molar-refractivity contribution in [1.29, 1.82) is 0 Å². The summed E-state index contributed by atoms with van der Waals surface area (Å²) in [5.41, 5.74) is 0.832. The molecule has 1 aromatic carbocycles. The molecule has 3 rings (SSSR count). The molecule has 0 saturated carbocycles. The van der Waals surface area contributed by atoms with Crippen LogP contribution in [-0.4, -0.2) is 65.6 Å². The predicted octanol–water partition coefficient (Wildman–Crippen LogP) is 1.27. The summed E-state index contributed by atoms with van der Waals surface area (Å²) < 4.78 is 18.7. The van der Waals surface area contributed by atoms with Gasteiger partial charge in [-0.1, -0.05) is 12.1 Å². The Bertz CT molecular complexity index is 607. The minimum atomic E-state index is -0.869. The normalized spacial score (nSPS) is 25.0. The SMILES string of the molecule is O=C(O)[C@H]1CCCN1CC(=O)N1CCOC(c2ccc(F)cc2)C1. The number of benzene rings is 1. The number of carboxylic acid groups (broad SMARTS) is 1. The second-order valence-corrected chi connectivity index (χ2v) is 6.22. The molecule has 2 saturated heterocycles. The molecule has 2 heterocycles. The number of morpholine rings is 1. The number of likely N-dealkylation sites (tertiary alicyclic amines) is 1. The van der Waals surface area contributed by atoms with Crippen LogP contribution < -0.4 is 0 Å². The topological polar surface area (TPSA) is 70.1 Å². The number of carbonyl (C=O) groups is 2. The van der Waals surface area contributed by atoms with Gasteiger partial charge in [-0.3, -0.25) is 14.5 Å². The maximum atomic E-state index is 13.0. The molecule has 1 N–H and O–H groups in total. The summed E-state index contributed by atoms with van der Waals surface area (Å²) in [4.78, 5) is 27.2. The Morgan fingerprint density at radius 2 is 2.00 bits per heavy atom. The average molecular weight is 336 g/mol. The second-order valence-electron chi connectivity index (χ2n) is 6.22. The van der Waals surface area contributed by atoms with Gasteiger partial charge < -0.3 is 14.7 Å². The summed E-state index contributed by atoms with van der Waals surface area (Å²) in [6, 6.07) is 5.51. The van der Waals surface area contributed by atoms with E-state index in [-0.39, 0.29) is 24.4 Å². The lowest BCUT2D eigenvalue weighted by molar-refractivity contribution is -0.145. The molecule has 0 bridgehead atoms. The fourth-order valence-electron chi connectivity index (χ4n) is 3.32. The van der Waals surface area contributed by atoms with E-state index in [0.29, 0.717) is 32.7 Å². The van der Waals surface area contributed by atoms with E-state index in [1.165, 1.54) is 12.1 Å². The third-order valence-corrected chi connectivity index (χ3v) is 4.65. The number of aliphatic carboxylic acids is 1. The van der Waals surface area contributed by atoms with Gasteiger partial charge in [0.05, 0.1) is 19.7 Å². The Morgan fingerprint density at radius 3 is 2.71 bits per heavy atom. The molecule has 1 aromatic rings. The first-order chi connectivity index (χ1) is 11.5. The van der Waals surface area contributed by atoms with Crippen molar-refractivity contribution in [2.24, 2.45) is 0 Å². The zero-order valence-corrected chi connectivity index (χ0v) is 13.4. The first-order valence-corrected chi connectivity index (χ1v) is 8.16. The number of carbonyl (C=O) groups excluding carboxylic acids is 1. The molecule has 2 fully saturated rings. The molecule has 0 aliphatic carbocycles. The van der Waals surface area contributed by atoms with Crippen LogP contribution in [-0.2, 0) is 14.3 Å².